The van der Waals surface area contributed by atoms with Gasteiger partial charge in [0.15, 0.2) is 17.5 Å². The highest BCUT2D eigenvalue weighted by Gasteiger charge is 2.21. The molecule has 0 spiro atoms. The minimum absolute atomic E-state index is 0.300. The van der Waals surface area contributed by atoms with Crippen LogP contribution in [0, 0.1) is 17.5 Å². The number of amides is 2. The number of nitrogens with two attached hydrogens (primary N) is 1. The molecule has 0 heterocycles. The summed E-state index contributed by atoms with van der Waals surface area (Å²) >= 11 is 0. The van der Waals surface area contributed by atoms with Gasteiger partial charge in [-0.3, -0.25) is 9.59 Å². The Balaban J connectivity index is 2.80. The van der Waals surface area contributed by atoms with Crippen LogP contribution < -0.4 is 11.1 Å². The Morgan fingerprint density at radius 2 is 1.91 bits per heavy atom. The van der Waals surface area contributed by atoms with E-state index in [1.54, 1.807) is 0 Å². The van der Waals surface area contributed by atoms with E-state index >= 15 is 0 Å². The van der Waals surface area contributed by atoms with Crippen molar-refractivity contribution in [3.8, 4) is 0 Å². The Hall–Kier alpha value is -2.09. The topological polar surface area (TPSA) is 75.4 Å². The Labute approximate surface area is 126 Å². The van der Waals surface area contributed by atoms with E-state index in [9.17, 15) is 22.8 Å². The lowest BCUT2D eigenvalue weighted by Gasteiger charge is -2.23. The van der Waals surface area contributed by atoms with E-state index in [-0.39, 0.29) is 6.54 Å². The van der Waals surface area contributed by atoms with Crippen molar-refractivity contribution in [2.75, 3.05) is 18.4 Å². The molecular formula is C14H18F3N3O2. The molecule has 1 aromatic carbocycles. The van der Waals surface area contributed by atoms with Crippen molar-refractivity contribution in [3.05, 3.63) is 29.6 Å². The van der Waals surface area contributed by atoms with Crippen LogP contribution in [0.2, 0.25) is 0 Å². The second-order valence-corrected chi connectivity index (χ2v) is 4.82. The first-order chi connectivity index (χ1) is 10.3. The van der Waals surface area contributed by atoms with E-state index in [4.69, 9.17) is 5.73 Å². The second kappa shape index (κ2) is 7.79. The predicted molar refractivity (Wildman–Crippen MR) is 75.5 cm³/mol. The second-order valence-electron chi connectivity index (χ2n) is 4.82. The highest BCUT2D eigenvalue weighted by atomic mass is 19.2. The van der Waals surface area contributed by atoms with Crippen LogP contribution in [0.3, 0.4) is 0 Å². The van der Waals surface area contributed by atoms with E-state index in [2.05, 4.69) is 5.32 Å². The number of carbonyl (C=O) groups is 2. The molecule has 1 aromatic rings. The number of rotatable bonds is 6. The zero-order valence-electron chi connectivity index (χ0n) is 12.3. The van der Waals surface area contributed by atoms with Crippen LogP contribution in [-0.4, -0.2) is 35.8 Å². The molecule has 0 aliphatic carbocycles. The first-order valence-corrected chi connectivity index (χ1v) is 6.75. The summed E-state index contributed by atoms with van der Waals surface area (Å²) in [5.74, 6) is -5.67. The average molecular weight is 317 g/mol. The maximum absolute atomic E-state index is 13.5. The van der Waals surface area contributed by atoms with Gasteiger partial charge in [-0.15, -0.1) is 0 Å². The summed E-state index contributed by atoms with van der Waals surface area (Å²) in [5, 5.41) is 2.11. The fourth-order valence-electron chi connectivity index (χ4n) is 1.81. The maximum atomic E-state index is 13.5. The fourth-order valence-corrected chi connectivity index (χ4v) is 1.81. The van der Waals surface area contributed by atoms with Gasteiger partial charge in [-0.05, 0) is 25.5 Å². The summed E-state index contributed by atoms with van der Waals surface area (Å²) in [6.45, 7) is 3.24. The van der Waals surface area contributed by atoms with Gasteiger partial charge in [0.25, 0.3) is 0 Å². The summed E-state index contributed by atoms with van der Waals surface area (Å²) in [4.78, 5) is 24.9. The highest BCUT2D eigenvalue weighted by Crippen LogP contribution is 2.19. The molecule has 2 amide bonds. The van der Waals surface area contributed by atoms with Crippen LogP contribution in [0.25, 0.3) is 0 Å². The van der Waals surface area contributed by atoms with Gasteiger partial charge < -0.3 is 16.0 Å². The zero-order valence-corrected chi connectivity index (χ0v) is 12.3. The monoisotopic (exact) mass is 317 g/mol. The molecule has 8 heteroatoms. The van der Waals surface area contributed by atoms with Crippen LogP contribution in [0.4, 0.5) is 18.9 Å². The minimum atomic E-state index is -1.67. The highest BCUT2D eigenvalue weighted by molar-refractivity contribution is 5.95. The average Bonchev–Trinajstić information content (AvgIpc) is 2.46. The van der Waals surface area contributed by atoms with Crippen molar-refractivity contribution in [2.24, 2.45) is 5.73 Å². The molecule has 3 N–H and O–H groups in total. The van der Waals surface area contributed by atoms with E-state index in [1.807, 2.05) is 6.92 Å². The molecule has 0 radical (unpaired) electrons. The predicted octanol–water partition coefficient (Wildman–Crippen LogP) is 1.63. The van der Waals surface area contributed by atoms with Crippen molar-refractivity contribution in [1.82, 2.24) is 4.90 Å². The molecule has 22 heavy (non-hydrogen) atoms. The van der Waals surface area contributed by atoms with Gasteiger partial charge >= 0.3 is 0 Å². The van der Waals surface area contributed by atoms with Crippen LogP contribution in [0.1, 0.15) is 20.3 Å². The molecule has 0 unspecified atom stereocenters. The van der Waals surface area contributed by atoms with Crippen LogP contribution >= 0.6 is 0 Å². The SMILES string of the molecule is CCCN(CC(=O)Nc1ccc(F)c(F)c1F)C(=O)[C@H](C)N. The molecule has 0 saturated carbocycles. The molecule has 0 aliphatic heterocycles. The molecule has 0 fully saturated rings. The third-order valence-electron chi connectivity index (χ3n) is 2.84. The largest absolute Gasteiger partial charge is 0.332 e. The summed E-state index contributed by atoms with van der Waals surface area (Å²) in [6.07, 6.45) is 0.602. The lowest BCUT2D eigenvalue weighted by Crippen LogP contribution is -2.45. The Kier molecular flexibility index (Phi) is 6.36. The summed E-state index contributed by atoms with van der Waals surface area (Å²) in [7, 11) is 0. The van der Waals surface area contributed by atoms with Crippen molar-refractivity contribution in [3.63, 3.8) is 0 Å². The van der Waals surface area contributed by atoms with Crippen LogP contribution in [-0.2, 0) is 9.59 Å². The van der Waals surface area contributed by atoms with Gasteiger partial charge in [0.2, 0.25) is 11.8 Å². The number of benzene rings is 1. The lowest BCUT2D eigenvalue weighted by molar-refractivity contribution is -0.135. The normalized spacial score (nSPS) is 11.9. The quantitative estimate of drug-likeness (QED) is 0.783. The third-order valence-corrected chi connectivity index (χ3v) is 2.84. The number of nitrogens with one attached hydrogen (secondary N) is 1. The van der Waals surface area contributed by atoms with Gasteiger partial charge in [-0.2, -0.15) is 0 Å². The fraction of sp³-hybridized carbons (Fsp3) is 0.429. The molecule has 0 aliphatic rings. The van der Waals surface area contributed by atoms with Crippen molar-refractivity contribution >= 4 is 17.5 Å². The molecule has 0 saturated heterocycles. The van der Waals surface area contributed by atoms with Gasteiger partial charge in [0.1, 0.15) is 0 Å². The maximum Gasteiger partial charge on any atom is 0.244 e. The van der Waals surface area contributed by atoms with E-state index in [1.165, 1.54) is 11.8 Å². The van der Waals surface area contributed by atoms with E-state index in [0.29, 0.717) is 19.0 Å². The standard InChI is InChI=1S/C14H18F3N3O2/c1-3-6-20(14(22)8(2)18)7-11(21)19-10-5-4-9(15)12(16)13(10)17/h4-5,8H,3,6-7,18H2,1-2H3,(H,19,21)/t8-/m0/s1. The number of carbonyl (C=O) groups excluding carboxylic acids is 2. The first-order valence-electron chi connectivity index (χ1n) is 6.75. The van der Waals surface area contributed by atoms with E-state index in [0.717, 1.165) is 6.07 Å². The molecule has 0 aromatic heterocycles. The number of hydrogen-bond donors (Lipinski definition) is 2. The molecule has 1 atom stereocenters. The molecule has 5 nitrogen and oxygen atoms in total. The van der Waals surface area contributed by atoms with Gasteiger partial charge in [-0.25, -0.2) is 13.2 Å². The van der Waals surface area contributed by atoms with E-state index < -0.39 is 41.0 Å². The Morgan fingerprint density at radius 1 is 1.27 bits per heavy atom. The third kappa shape index (κ3) is 4.45. The van der Waals surface area contributed by atoms with Crippen LogP contribution in [0.15, 0.2) is 12.1 Å². The number of anilines is 1. The summed E-state index contributed by atoms with van der Waals surface area (Å²) in [5.41, 5.74) is 4.99. The van der Waals surface area contributed by atoms with Crippen LogP contribution in [0.5, 0.6) is 0 Å². The van der Waals surface area contributed by atoms with Crippen molar-refractivity contribution < 1.29 is 22.8 Å². The number of halogens is 3. The Bertz CT molecular complexity index is 565. The molecule has 122 valence electrons. The Morgan fingerprint density at radius 3 is 2.45 bits per heavy atom. The first kappa shape index (κ1) is 18.0. The molecule has 0 bridgehead atoms. The number of nitrogens with zero attached hydrogens (tertiary/aromatic N) is 1. The molecule has 1 rings (SSSR count). The molecular weight excluding hydrogens is 299 g/mol. The lowest BCUT2D eigenvalue weighted by atomic mass is 10.2. The summed E-state index contributed by atoms with van der Waals surface area (Å²) < 4.78 is 39.3. The van der Waals surface area contributed by atoms with Gasteiger partial charge in [-0.1, -0.05) is 6.92 Å². The zero-order chi connectivity index (χ0) is 16.9. The smallest absolute Gasteiger partial charge is 0.244 e. The number of hydrogen-bond acceptors (Lipinski definition) is 3. The van der Waals surface area contributed by atoms with Gasteiger partial charge in [0, 0.05) is 6.54 Å². The van der Waals surface area contributed by atoms with Crippen molar-refractivity contribution in [1.29, 1.82) is 0 Å². The van der Waals surface area contributed by atoms with Crippen molar-refractivity contribution in [2.45, 2.75) is 26.3 Å². The summed E-state index contributed by atoms with van der Waals surface area (Å²) in [6, 6.07) is 0.827. The van der Waals surface area contributed by atoms with Gasteiger partial charge in [0.05, 0.1) is 18.3 Å². The minimum Gasteiger partial charge on any atom is -0.332 e.